The molecule has 0 amide bonds. The number of carbonyl (C=O) groups is 1. The molecule has 0 aromatic carbocycles. The summed E-state index contributed by atoms with van der Waals surface area (Å²) in [5, 5.41) is 0. The zero-order valence-electron chi connectivity index (χ0n) is 12.5. The fourth-order valence-electron chi connectivity index (χ4n) is 2.51. The minimum atomic E-state index is -0.00304. The maximum absolute atomic E-state index is 11.6. The van der Waals surface area contributed by atoms with E-state index in [1.165, 1.54) is 51.4 Å². The Morgan fingerprint density at radius 3 is 2.21 bits per heavy atom. The number of carbonyl (C=O) groups excluding carboxylic acids is 1. The molecule has 1 rings (SSSR count). The van der Waals surface area contributed by atoms with E-state index in [-0.39, 0.29) is 12.1 Å². The number of rotatable bonds is 0. The minimum Gasteiger partial charge on any atom is -0.463 e. The highest BCUT2D eigenvalue weighted by Crippen LogP contribution is 2.12. The van der Waals surface area contributed by atoms with Crippen LogP contribution in [0.1, 0.15) is 84.0 Å². The Balaban J connectivity index is 2.27. The van der Waals surface area contributed by atoms with Gasteiger partial charge in [-0.25, -0.2) is 0 Å². The predicted molar refractivity (Wildman–Crippen MR) is 80.1 cm³/mol. The normalized spacial score (nSPS) is 27.2. The summed E-state index contributed by atoms with van der Waals surface area (Å²) in [4.78, 5) is 11.6. The average Bonchev–Trinajstić information content (AvgIpc) is 2.38. The molecule has 0 aromatic rings. The Hall–Kier alpha value is -0.790. The molecule has 19 heavy (non-hydrogen) atoms. The second-order valence-corrected chi connectivity index (χ2v) is 5.72. The lowest BCUT2D eigenvalue weighted by Gasteiger charge is -2.12. The summed E-state index contributed by atoms with van der Waals surface area (Å²) in [5.41, 5.74) is 0. The Kier molecular flexibility index (Phi) is 9.48. The van der Waals surface area contributed by atoms with E-state index in [2.05, 4.69) is 12.2 Å². The van der Waals surface area contributed by atoms with Crippen molar-refractivity contribution in [3.05, 3.63) is 12.2 Å². The third-order valence-corrected chi connectivity index (χ3v) is 3.73. The molecule has 0 aliphatic carbocycles. The van der Waals surface area contributed by atoms with Gasteiger partial charge in [-0.3, -0.25) is 4.79 Å². The molecule has 0 aromatic heterocycles. The van der Waals surface area contributed by atoms with E-state index in [1.807, 2.05) is 6.92 Å². The van der Waals surface area contributed by atoms with Crippen molar-refractivity contribution >= 4 is 5.97 Å². The molecule has 0 saturated carbocycles. The third kappa shape index (κ3) is 9.75. The van der Waals surface area contributed by atoms with Crippen LogP contribution in [-0.4, -0.2) is 12.1 Å². The first kappa shape index (κ1) is 16.3. The quantitative estimate of drug-likeness (QED) is 0.446. The highest BCUT2D eigenvalue weighted by molar-refractivity contribution is 5.69. The molecule has 1 heterocycles. The topological polar surface area (TPSA) is 26.3 Å². The maximum atomic E-state index is 11.6. The van der Waals surface area contributed by atoms with Gasteiger partial charge in [-0.15, -0.1) is 0 Å². The van der Waals surface area contributed by atoms with Crippen molar-refractivity contribution in [2.75, 3.05) is 0 Å². The number of ether oxygens (including phenoxy) is 1. The molecule has 110 valence electrons. The van der Waals surface area contributed by atoms with E-state index in [4.69, 9.17) is 4.74 Å². The van der Waals surface area contributed by atoms with Gasteiger partial charge in [0.15, 0.2) is 0 Å². The standard InChI is InChI=1S/C17H30O2/c1-16-14-12-10-8-6-4-2-3-5-7-9-11-13-15-17(18)19-16/h4,6,16H,2-3,5,7-15H2,1H3/b6-4+. The van der Waals surface area contributed by atoms with Crippen molar-refractivity contribution in [1.82, 2.24) is 0 Å². The monoisotopic (exact) mass is 266 g/mol. The van der Waals surface area contributed by atoms with Crippen LogP contribution in [0.3, 0.4) is 0 Å². The summed E-state index contributed by atoms with van der Waals surface area (Å²) in [6.07, 6.45) is 18.5. The number of esters is 1. The summed E-state index contributed by atoms with van der Waals surface area (Å²) in [5.74, 6) is -0.00304. The summed E-state index contributed by atoms with van der Waals surface area (Å²) in [6, 6.07) is 0. The van der Waals surface area contributed by atoms with Crippen LogP contribution >= 0.6 is 0 Å². The molecule has 1 unspecified atom stereocenters. The first-order valence-corrected chi connectivity index (χ1v) is 8.13. The molecule has 0 radical (unpaired) electrons. The van der Waals surface area contributed by atoms with Crippen molar-refractivity contribution in [3.8, 4) is 0 Å². The van der Waals surface area contributed by atoms with Gasteiger partial charge in [-0.2, -0.15) is 0 Å². The van der Waals surface area contributed by atoms with Crippen molar-refractivity contribution in [2.45, 2.75) is 90.1 Å². The maximum Gasteiger partial charge on any atom is 0.306 e. The van der Waals surface area contributed by atoms with Gasteiger partial charge in [0.25, 0.3) is 0 Å². The van der Waals surface area contributed by atoms with Crippen molar-refractivity contribution in [2.24, 2.45) is 0 Å². The van der Waals surface area contributed by atoms with Crippen LogP contribution in [-0.2, 0) is 9.53 Å². The van der Waals surface area contributed by atoms with Crippen molar-refractivity contribution in [3.63, 3.8) is 0 Å². The van der Waals surface area contributed by atoms with Gasteiger partial charge in [-0.05, 0) is 51.9 Å². The molecular formula is C17H30O2. The molecule has 0 fully saturated rings. The van der Waals surface area contributed by atoms with E-state index in [0.717, 1.165) is 19.3 Å². The summed E-state index contributed by atoms with van der Waals surface area (Å²) in [7, 11) is 0. The van der Waals surface area contributed by atoms with Crippen LogP contribution in [0.2, 0.25) is 0 Å². The van der Waals surface area contributed by atoms with Crippen LogP contribution in [0, 0.1) is 0 Å². The van der Waals surface area contributed by atoms with E-state index in [9.17, 15) is 4.79 Å². The molecule has 0 saturated heterocycles. The molecule has 2 nitrogen and oxygen atoms in total. The fraction of sp³-hybridized carbons (Fsp3) is 0.824. The van der Waals surface area contributed by atoms with Crippen LogP contribution in [0.15, 0.2) is 12.2 Å². The van der Waals surface area contributed by atoms with Gasteiger partial charge in [0.1, 0.15) is 0 Å². The van der Waals surface area contributed by atoms with E-state index in [0.29, 0.717) is 6.42 Å². The molecule has 0 spiro atoms. The van der Waals surface area contributed by atoms with Crippen LogP contribution in [0.25, 0.3) is 0 Å². The fourth-order valence-corrected chi connectivity index (χ4v) is 2.51. The molecule has 1 aliphatic heterocycles. The predicted octanol–water partition coefficient (Wildman–Crippen LogP) is 5.17. The second kappa shape index (κ2) is 11.1. The lowest BCUT2D eigenvalue weighted by Crippen LogP contribution is -2.14. The first-order valence-electron chi connectivity index (χ1n) is 8.13. The molecular weight excluding hydrogens is 236 g/mol. The summed E-state index contributed by atoms with van der Waals surface area (Å²) >= 11 is 0. The van der Waals surface area contributed by atoms with Crippen LogP contribution < -0.4 is 0 Å². The Bertz CT molecular complexity index is 258. The van der Waals surface area contributed by atoms with Gasteiger partial charge in [0.05, 0.1) is 6.10 Å². The SMILES string of the molecule is CC1CCCC/C=C/CCCCCCCCC(=O)O1. The Morgan fingerprint density at radius 1 is 0.895 bits per heavy atom. The van der Waals surface area contributed by atoms with Crippen LogP contribution in [0.5, 0.6) is 0 Å². The zero-order chi connectivity index (χ0) is 13.8. The largest absolute Gasteiger partial charge is 0.463 e. The van der Waals surface area contributed by atoms with Gasteiger partial charge in [-0.1, -0.05) is 37.8 Å². The lowest BCUT2D eigenvalue weighted by molar-refractivity contribution is -0.148. The molecule has 1 atom stereocenters. The highest BCUT2D eigenvalue weighted by atomic mass is 16.5. The summed E-state index contributed by atoms with van der Waals surface area (Å²) in [6.45, 7) is 2.02. The molecule has 0 bridgehead atoms. The average molecular weight is 266 g/mol. The minimum absolute atomic E-state index is 0.00304. The number of hydrogen-bond acceptors (Lipinski definition) is 2. The lowest BCUT2D eigenvalue weighted by atomic mass is 10.1. The van der Waals surface area contributed by atoms with Gasteiger partial charge >= 0.3 is 5.97 Å². The Labute approximate surface area is 118 Å². The van der Waals surface area contributed by atoms with Crippen molar-refractivity contribution in [1.29, 1.82) is 0 Å². The third-order valence-electron chi connectivity index (χ3n) is 3.73. The first-order chi connectivity index (χ1) is 9.29. The smallest absolute Gasteiger partial charge is 0.306 e. The van der Waals surface area contributed by atoms with Gasteiger partial charge in [0.2, 0.25) is 0 Å². The van der Waals surface area contributed by atoms with E-state index in [1.54, 1.807) is 0 Å². The molecule has 2 heteroatoms. The number of allylic oxidation sites excluding steroid dienone is 2. The van der Waals surface area contributed by atoms with E-state index >= 15 is 0 Å². The van der Waals surface area contributed by atoms with Gasteiger partial charge < -0.3 is 4.74 Å². The Morgan fingerprint density at radius 2 is 1.47 bits per heavy atom. The summed E-state index contributed by atoms with van der Waals surface area (Å²) < 4.78 is 5.42. The second-order valence-electron chi connectivity index (χ2n) is 5.72. The molecule has 0 N–H and O–H groups in total. The molecule has 1 aliphatic rings. The van der Waals surface area contributed by atoms with Crippen molar-refractivity contribution < 1.29 is 9.53 Å². The highest BCUT2D eigenvalue weighted by Gasteiger charge is 2.08. The van der Waals surface area contributed by atoms with Gasteiger partial charge in [0, 0.05) is 6.42 Å². The number of cyclic esters (lactones) is 1. The zero-order valence-corrected chi connectivity index (χ0v) is 12.5. The van der Waals surface area contributed by atoms with Crippen LogP contribution in [0.4, 0.5) is 0 Å². The van der Waals surface area contributed by atoms with E-state index < -0.39 is 0 Å². The number of hydrogen-bond donors (Lipinski definition) is 0.